The molecule has 1 saturated carbocycles. The van der Waals surface area contributed by atoms with Gasteiger partial charge >= 0.3 is 0 Å². The van der Waals surface area contributed by atoms with Gasteiger partial charge in [-0.1, -0.05) is 54.6 Å². The van der Waals surface area contributed by atoms with Gasteiger partial charge < -0.3 is 11.1 Å². The van der Waals surface area contributed by atoms with Gasteiger partial charge in [0.1, 0.15) is 5.56 Å². The Labute approximate surface area is 242 Å². The summed E-state index contributed by atoms with van der Waals surface area (Å²) in [5.74, 6) is -0.734. The maximum absolute atomic E-state index is 13.0. The molecule has 1 aliphatic carbocycles. The Morgan fingerprint density at radius 3 is 2.49 bits per heavy atom. The molecule has 6 rings (SSSR count). The lowest BCUT2D eigenvalue weighted by atomic mass is 9.84. The molecule has 2 amide bonds. The third kappa shape index (κ3) is 5.64. The molecule has 1 saturated heterocycles. The highest BCUT2D eigenvalue weighted by molar-refractivity contribution is 7.03. The van der Waals surface area contributed by atoms with Crippen LogP contribution in [0.2, 0.25) is 0 Å². The van der Waals surface area contributed by atoms with Crippen LogP contribution in [0.1, 0.15) is 53.1 Å². The number of nitrogens with zero attached hydrogens (tertiary/aromatic N) is 5. The first-order chi connectivity index (χ1) is 20.0. The Bertz CT molecular complexity index is 1570. The molecule has 0 radical (unpaired) electrons. The zero-order valence-electron chi connectivity index (χ0n) is 22.6. The number of amides is 2. The molecule has 0 unspecified atom stereocenters. The molecular formula is C31H31N7O2S. The summed E-state index contributed by atoms with van der Waals surface area (Å²) >= 11 is 1.37. The molecule has 2 aromatic heterocycles. The van der Waals surface area contributed by atoms with Crippen LogP contribution in [-0.2, 0) is 16.9 Å². The van der Waals surface area contributed by atoms with Gasteiger partial charge in [-0.3, -0.25) is 19.2 Å². The Morgan fingerprint density at radius 2 is 1.83 bits per heavy atom. The Morgan fingerprint density at radius 1 is 1.10 bits per heavy atom. The van der Waals surface area contributed by atoms with Crippen molar-refractivity contribution in [2.75, 3.05) is 18.4 Å². The van der Waals surface area contributed by atoms with Gasteiger partial charge in [0, 0.05) is 43.3 Å². The van der Waals surface area contributed by atoms with Crippen molar-refractivity contribution in [3.05, 3.63) is 89.1 Å². The normalized spacial score (nSPS) is 19.8. The number of anilines is 1. The van der Waals surface area contributed by atoms with E-state index in [4.69, 9.17) is 5.73 Å². The SMILES string of the molecule is N#CCC1(n2cc(C(N)=O)c(NC(=O)[C@H]3C[C@@H]3c3cnsc3)n2)CCN(Cc2ccc(-c3ccccc3)cc2)CC1. The number of nitriles is 1. The van der Waals surface area contributed by atoms with Crippen molar-refractivity contribution in [2.45, 2.75) is 43.7 Å². The van der Waals surface area contributed by atoms with E-state index in [9.17, 15) is 14.9 Å². The molecule has 2 aliphatic rings. The van der Waals surface area contributed by atoms with Gasteiger partial charge in [-0.05, 0) is 59.0 Å². The smallest absolute Gasteiger partial charge is 0.254 e. The van der Waals surface area contributed by atoms with Crippen LogP contribution in [-0.4, -0.2) is 44.0 Å². The van der Waals surface area contributed by atoms with Crippen molar-refractivity contribution < 1.29 is 9.59 Å². The Kier molecular flexibility index (Phi) is 7.39. The summed E-state index contributed by atoms with van der Waals surface area (Å²) in [5, 5.41) is 19.2. The first kappa shape index (κ1) is 26.9. The van der Waals surface area contributed by atoms with E-state index in [0.717, 1.165) is 31.6 Å². The minimum Gasteiger partial charge on any atom is -0.365 e. The van der Waals surface area contributed by atoms with E-state index >= 15 is 0 Å². The molecule has 3 N–H and O–H groups in total. The molecule has 0 bridgehead atoms. The van der Waals surface area contributed by atoms with Crippen molar-refractivity contribution in [3.63, 3.8) is 0 Å². The minimum absolute atomic E-state index is 0.136. The molecule has 2 aromatic carbocycles. The van der Waals surface area contributed by atoms with Crippen LogP contribution in [0.3, 0.4) is 0 Å². The van der Waals surface area contributed by atoms with Crippen LogP contribution in [0.25, 0.3) is 11.1 Å². The second-order valence-corrected chi connectivity index (χ2v) is 11.7. The van der Waals surface area contributed by atoms with E-state index in [0.29, 0.717) is 12.8 Å². The van der Waals surface area contributed by atoms with E-state index in [1.165, 1.54) is 28.2 Å². The molecule has 9 nitrogen and oxygen atoms in total. The largest absolute Gasteiger partial charge is 0.365 e. The topological polar surface area (TPSA) is 130 Å². The lowest BCUT2D eigenvalue weighted by Gasteiger charge is -2.40. The van der Waals surface area contributed by atoms with Gasteiger partial charge in [-0.25, -0.2) is 4.37 Å². The highest BCUT2D eigenvalue weighted by atomic mass is 32.1. The average molecular weight is 566 g/mol. The van der Waals surface area contributed by atoms with Gasteiger partial charge in [-0.2, -0.15) is 10.4 Å². The zero-order valence-corrected chi connectivity index (χ0v) is 23.4. The number of hydrogen-bond donors (Lipinski definition) is 2. The third-order valence-electron chi connectivity index (χ3n) is 8.38. The van der Waals surface area contributed by atoms with Crippen LogP contribution in [0.15, 0.2) is 72.4 Å². The molecule has 2 fully saturated rings. The number of hydrogen-bond acceptors (Lipinski definition) is 7. The fourth-order valence-electron chi connectivity index (χ4n) is 5.80. The number of rotatable bonds is 9. The zero-order chi connectivity index (χ0) is 28.4. The van der Waals surface area contributed by atoms with Crippen LogP contribution in [0, 0.1) is 17.2 Å². The fourth-order valence-corrected chi connectivity index (χ4v) is 6.40. The van der Waals surface area contributed by atoms with Crippen molar-refractivity contribution in [1.82, 2.24) is 19.1 Å². The number of benzene rings is 2. The minimum atomic E-state index is -0.663. The lowest BCUT2D eigenvalue weighted by molar-refractivity contribution is -0.117. The average Bonchev–Trinajstić information content (AvgIpc) is 3.37. The first-order valence-corrected chi connectivity index (χ1v) is 14.6. The van der Waals surface area contributed by atoms with Crippen molar-refractivity contribution >= 4 is 29.2 Å². The number of aromatic nitrogens is 3. The summed E-state index contributed by atoms with van der Waals surface area (Å²) in [6.07, 6.45) is 5.75. The summed E-state index contributed by atoms with van der Waals surface area (Å²) in [6, 6.07) is 21.3. The molecule has 1 aliphatic heterocycles. The lowest BCUT2D eigenvalue weighted by Crippen LogP contribution is -2.46. The summed E-state index contributed by atoms with van der Waals surface area (Å²) in [4.78, 5) is 27.7. The van der Waals surface area contributed by atoms with Gasteiger partial charge in [0.05, 0.1) is 18.0 Å². The number of primary amides is 1. The summed E-state index contributed by atoms with van der Waals surface area (Å²) in [6.45, 7) is 2.36. The molecule has 208 valence electrons. The monoisotopic (exact) mass is 565 g/mol. The van der Waals surface area contributed by atoms with Gasteiger partial charge in [-0.15, -0.1) is 0 Å². The van der Waals surface area contributed by atoms with Crippen molar-refractivity contribution in [3.8, 4) is 17.2 Å². The van der Waals surface area contributed by atoms with Crippen LogP contribution in [0.5, 0.6) is 0 Å². The number of piperidine rings is 1. The van der Waals surface area contributed by atoms with Gasteiger partial charge in [0.2, 0.25) is 5.91 Å². The predicted molar refractivity (Wildman–Crippen MR) is 157 cm³/mol. The number of carbonyl (C=O) groups excluding carboxylic acids is 2. The van der Waals surface area contributed by atoms with E-state index in [1.54, 1.807) is 17.1 Å². The maximum atomic E-state index is 13.0. The molecule has 3 heterocycles. The van der Waals surface area contributed by atoms with Gasteiger partial charge in [0.15, 0.2) is 5.82 Å². The van der Waals surface area contributed by atoms with Crippen LogP contribution < -0.4 is 11.1 Å². The number of nitrogens with one attached hydrogen (secondary N) is 1. The van der Waals surface area contributed by atoms with E-state index in [1.807, 2.05) is 23.6 Å². The second kappa shape index (κ2) is 11.3. The Balaban J connectivity index is 1.13. The summed E-state index contributed by atoms with van der Waals surface area (Å²) < 4.78 is 5.82. The predicted octanol–water partition coefficient (Wildman–Crippen LogP) is 4.75. The third-order valence-corrected chi connectivity index (χ3v) is 8.98. The number of carbonyl (C=O) groups is 2. The van der Waals surface area contributed by atoms with Crippen molar-refractivity contribution in [1.29, 1.82) is 5.26 Å². The summed E-state index contributed by atoms with van der Waals surface area (Å²) in [7, 11) is 0. The second-order valence-electron chi connectivity index (χ2n) is 11.0. The van der Waals surface area contributed by atoms with E-state index in [-0.39, 0.29) is 35.5 Å². The fraction of sp³-hybridized carbons (Fsp3) is 0.323. The van der Waals surface area contributed by atoms with Gasteiger partial charge in [0.25, 0.3) is 5.91 Å². The first-order valence-electron chi connectivity index (χ1n) is 13.8. The standard InChI is InChI=1S/C31H31N7O2S/c32-13-10-31(11-14-37(15-12-31)18-21-6-8-23(9-7-21)22-4-2-1-3-5-22)38-19-27(28(33)39)29(36-38)35-30(40)26-16-25(26)24-17-34-41-20-24/h1-9,17,19-20,25-26H,10-12,14-16,18H2,(H2,33,39)(H,35,36,40)/t25-,26+/m1/s1. The molecule has 4 aromatic rings. The highest BCUT2D eigenvalue weighted by Crippen LogP contribution is 2.48. The molecule has 0 spiro atoms. The van der Waals surface area contributed by atoms with Crippen LogP contribution >= 0.6 is 11.5 Å². The molecular weight excluding hydrogens is 534 g/mol. The maximum Gasteiger partial charge on any atom is 0.254 e. The Hall–Kier alpha value is -4.33. The molecule has 2 atom stereocenters. The van der Waals surface area contributed by atoms with Crippen molar-refractivity contribution in [2.24, 2.45) is 11.7 Å². The van der Waals surface area contributed by atoms with Crippen LogP contribution in [0.4, 0.5) is 5.82 Å². The molecule has 41 heavy (non-hydrogen) atoms. The van der Waals surface area contributed by atoms with E-state index < -0.39 is 11.4 Å². The highest BCUT2D eigenvalue weighted by Gasteiger charge is 2.45. The summed E-state index contributed by atoms with van der Waals surface area (Å²) in [5.41, 5.74) is 9.93. The molecule has 10 heteroatoms. The number of likely N-dealkylation sites (tertiary alicyclic amines) is 1. The quantitative estimate of drug-likeness (QED) is 0.301. The number of nitrogens with two attached hydrogens (primary N) is 1. The van der Waals surface area contributed by atoms with E-state index in [2.05, 4.69) is 62.2 Å².